The first kappa shape index (κ1) is 21.1. The molecule has 0 radical (unpaired) electrons. The molecule has 0 saturated heterocycles. The van der Waals surface area contributed by atoms with Gasteiger partial charge in [0, 0.05) is 16.9 Å². The normalized spacial score (nSPS) is 13.9. The summed E-state index contributed by atoms with van der Waals surface area (Å²) in [6.45, 7) is 3.44. The van der Waals surface area contributed by atoms with Crippen molar-refractivity contribution in [3.05, 3.63) is 57.2 Å². The van der Waals surface area contributed by atoms with E-state index in [1.165, 1.54) is 24.3 Å². The third-order valence-corrected chi connectivity index (χ3v) is 5.19. The Morgan fingerprint density at radius 2 is 2.14 bits per heavy atom. The van der Waals surface area contributed by atoms with Gasteiger partial charge in [-0.3, -0.25) is 4.99 Å². The monoisotopic (exact) mass is 482 g/mol. The molecule has 3 rings (SSSR count). The van der Waals surface area contributed by atoms with E-state index >= 15 is 0 Å². The summed E-state index contributed by atoms with van der Waals surface area (Å²) in [5.74, 6) is -1.75. The number of carbonyl (C=O) groups excluding carboxylic acids is 2. The summed E-state index contributed by atoms with van der Waals surface area (Å²) in [5.41, 5.74) is 0.882. The molecule has 0 bridgehead atoms. The van der Waals surface area contributed by atoms with Gasteiger partial charge < -0.3 is 9.57 Å². The maximum Gasteiger partial charge on any atom is 0.365 e. The Balaban J connectivity index is 2.00. The number of ether oxygens (including phenoxy) is 1. The molecule has 3 heterocycles. The molecule has 0 aromatic carbocycles. The van der Waals surface area contributed by atoms with Gasteiger partial charge >= 0.3 is 11.9 Å². The number of pyridine rings is 1. The number of thiazole rings is 1. The predicted molar refractivity (Wildman–Crippen MR) is 107 cm³/mol. The molecule has 1 aliphatic rings. The first-order valence-electron chi connectivity index (χ1n) is 8.51. The Morgan fingerprint density at radius 3 is 2.76 bits per heavy atom. The molecule has 8 nitrogen and oxygen atoms in total. The molecule has 2 aromatic rings. The molecule has 29 heavy (non-hydrogen) atoms. The van der Waals surface area contributed by atoms with Gasteiger partial charge in [-0.2, -0.15) is 9.45 Å². The average molecular weight is 483 g/mol. The second kappa shape index (κ2) is 9.23. The number of aryl methyl sites for hydroxylation is 1. The molecule has 0 amide bonds. The third-order valence-electron chi connectivity index (χ3n) is 3.89. The largest absolute Gasteiger partial charge is 0.463 e. The molecule has 0 unspecified atom stereocenters. The minimum absolute atomic E-state index is 0.0554. The standard InChI is InChI=1S/C18H16BrFN4O4S/c1-3-27-17(25)12-9-22-15(16-21-6-7-29-16)24(13(12)8-19)28-18(26)11-4-5-14(20)23-10(11)2/h4-7H,3,8-9H2,1-2H3. The molecule has 1 aliphatic heterocycles. The summed E-state index contributed by atoms with van der Waals surface area (Å²) in [6, 6.07) is 2.36. The van der Waals surface area contributed by atoms with Gasteiger partial charge in [0.2, 0.25) is 11.8 Å². The van der Waals surface area contributed by atoms with Crippen LogP contribution in [0.1, 0.15) is 28.0 Å². The maximum absolute atomic E-state index is 13.3. The van der Waals surface area contributed by atoms with Crippen molar-refractivity contribution in [1.29, 1.82) is 0 Å². The van der Waals surface area contributed by atoms with Gasteiger partial charge in [0.15, 0.2) is 5.01 Å². The lowest BCUT2D eigenvalue weighted by atomic mass is 10.2. The smallest absolute Gasteiger partial charge is 0.365 e. The van der Waals surface area contributed by atoms with E-state index in [-0.39, 0.29) is 41.1 Å². The average Bonchev–Trinajstić information content (AvgIpc) is 3.22. The first-order valence-corrected chi connectivity index (χ1v) is 10.5. The van der Waals surface area contributed by atoms with Crippen LogP contribution in [0.25, 0.3) is 0 Å². The molecule has 152 valence electrons. The number of alkyl halides is 1. The highest BCUT2D eigenvalue weighted by atomic mass is 79.9. The zero-order valence-corrected chi connectivity index (χ0v) is 17.9. The van der Waals surface area contributed by atoms with Crippen molar-refractivity contribution in [1.82, 2.24) is 15.0 Å². The second-order valence-corrected chi connectivity index (χ2v) is 7.15. The number of carbonyl (C=O) groups is 2. The van der Waals surface area contributed by atoms with Crippen LogP contribution < -0.4 is 0 Å². The quantitative estimate of drug-likeness (QED) is 0.354. The van der Waals surface area contributed by atoms with Crippen LogP contribution in [0.4, 0.5) is 4.39 Å². The van der Waals surface area contributed by atoms with Crippen molar-refractivity contribution in [2.75, 3.05) is 18.5 Å². The lowest BCUT2D eigenvalue weighted by molar-refractivity contribution is -0.139. The van der Waals surface area contributed by atoms with Crippen LogP contribution in [0, 0.1) is 12.9 Å². The van der Waals surface area contributed by atoms with E-state index in [1.54, 1.807) is 18.5 Å². The number of hydrogen-bond donors (Lipinski definition) is 0. The van der Waals surface area contributed by atoms with Gasteiger partial charge in [-0.15, -0.1) is 11.3 Å². The van der Waals surface area contributed by atoms with E-state index in [1.807, 2.05) is 0 Å². The number of esters is 1. The highest BCUT2D eigenvalue weighted by Gasteiger charge is 2.33. The number of halogens is 2. The van der Waals surface area contributed by atoms with Crippen LogP contribution in [0.3, 0.4) is 0 Å². The predicted octanol–water partition coefficient (Wildman–Crippen LogP) is 3.03. The summed E-state index contributed by atoms with van der Waals surface area (Å²) in [7, 11) is 0. The molecule has 0 N–H and O–H groups in total. The Morgan fingerprint density at radius 1 is 1.34 bits per heavy atom. The number of hydroxylamine groups is 2. The van der Waals surface area contributed by atoms with E-state index < -0.39 is 17.9 Å². The second-order valence-electron chi connectivity index (χ2n) is 5.70. The van der Waals surface area contributed by atoms with Crippen molar-refractivity contribution in [3.8, 4) is 0 Å². The summed E-state index contributed by atoms with van der Waals surface area (Å²) in [5, 5.41) is 3.62. The number of hydrogen-bond acceptors (Lipinski definition) is 9. The molecular formula is C18H16BrFN4O4S. The fourth-order valence-electron chi connectivity index (χ4n) is 2.56. The molecule has 0 atom stereocenters. The van der Waals surface area contributed by atoms with Crippen LogP contribution in [0.15, 0.2) is 40.0 Å². The fourth-order valence-corrected chi connectivity index (χ4v) is 3.75. The van der Waals surface area contributed by atoms with Crippen LogP contribution in [-0.2, 0) is 14.4 Å². The number of aromatic nitrogens is 2. The number of rotatable bonds is 6. The fraction of sp³-hybridized carbons (Fsp3) is 0.278. The number of allylic oxidation sites excluding steroid dienone is 1. The van der Waals surface area contributed by atoms with Gasteiger partial charge in [-0.1, -0.05) is 15.9 Å². The summed E-state index contributed by atoms with van der Waals surface area (Å²) in [6.07, 6.45) is 1.59. The molecule has 11 heteroatoms. The number of aliphatic imine (C=N–C) groups is 1. The third kappa shape index (κ3) is 4.51. The Hall–Kier alpha value is -2.66. The van der Waals surface area contributed by atoms with E-state index in [2.05, 4.69) is 30.9 Å². The molecule has 0 aliphatic carbocycles. The molecular weight excluding hydrogens is 467 g/mol. The molecule has 0 saturated carbocycles. The van der Waals surface area contributed by atoms with Crippen LogP contribution in [0.2, 0.25) is 0 Å². The SMILES string of the molecule is CCOC(=O)C1=C(CBr)N(OC(=O)c2ccc(F)nc2C)C(c2nccs2)=NC1. The van der Waals surface area contributed by atoms with Crippen molar-refractivity contribution < 1.29 is 23.6 Å². The Kier molecular flexibility index (Phi) is 6.70. The van der Waals surface area contributed by atoms with E-state index in [9.17, 15) is 14.0 Å². The van der Waals surface area contributed by atoms with E-state index in [4.69, 9.17) is 9.57 Å². The topological polar surface area (TPSA) is 94.0 Å². The van der Waals surface area contributed by atoms with Gasteiger partial charge in [-0.25, -0.2) is 19.6 Å². The number of amidine groups is 1. The zero-order valence-electron chi connectivity index (χ0n) is 15.5. The number of nitrogens with zero attached hydrogens (tertiary/aromatic N) is 4. The van der Waals surface area contributed by atoms with Crippen molar-refractivity contribution in [2.45, 2.75) is 13.8 Å². The Bertz CT molecular complexity index is 994. The first-order chi connectivity index (χ1) is 14.0. The molecule has 0 fully saturated rings. The summed E-state index contributed by atoms with van der Waals surface area (Å²) < 4.78 is 18.4. The van der Waals surface area contributed by atoms with E-state index in [0.29, 0.717) is 10.7 Å². The lowest BCUT2D eigenvalue weighted by Crippen LogP contribution is -2.39. The minimum atomic E-state index is -0.775. The summed E-state index contributed by atoms with van der Waals surface area (Å²) >= 11 is 4.64. The van der Waals surface area contributed by atoms with Gasteiger partial charge in [0.25, 0.3) is 0 Å². The zero-order chi connectivity index (χ0) is 21.0. The lowest BCUT2D eigenvalue weighted by Gasteiger charge is -2.29. The highest BCUT2D eigenvalue weighted by Crippen LogP contribution is 2.26. The van der Waals surface area contributed by atoms with Crippen molar-refractivity contribution in [3.63, 3.8) is 0 Å². The van der Waals surface area contributed by atoms with E-state index in [0.717, 1.165) is 11.1 Å². The van der Waals surface area contributed by atoms with Crippen molar-refractivity contribution in [2.24, 2.45) is 4.99 Å². The van der Waals surface area contributed by atoms with Crippen LogP contribution in [-0.4, -0.2) is 51.3 Å². The Labute approximate surface area is 178 Å². The van der Waals surface area contributed by atoms with Gasteiger partial charge in [-0.05, 0) is 26.0 Å². The molecule has 0 spiro atoms. The maximum atomic E-state index is 13.3. The van der Waals surface area contributed by atoms with Crippen molar-refractivity contribution >= 4 is 45.0 Å². The minimum Gasteiger partial charge on any atom is -0.463 e. The van der Waals surface area contributed by atoms with Gasteiger partial charge in [0.1, 0.15) is 0 Å². The van der Waals surface area contributed by atoms with Crippen LogP contribution >= 0.6 is 27.3 Å². The van der Waals surface area contributed by atoms with Gasteiger partial charge in [0.05, 0.1) is 35.7 Å². The molecule has 2 aromatic heterocycles. The summed E-state index contributed by atoms with van der Waals surface area (Å²) in [4.78, 5) is 42.9. The highest BCUT2D eigenvalue weighted by molar-refractivity contribution is 9.09. The van der Waals surface area contributed by atoms with Crippen LogP contribution in [0.5, 0.6) is 0 Å².